The summed E-state index contributed by atoms with van der Waals surface area (Å²) in [6.07, 6.45) is 0.220. The Balaban J connectivity index is 4.92. The van der Waals surface area contributed by atoms with Crippen LogP contribution in [0.25, 0.3) is 0 Å². The molecule has 0 rings (SSSR count). The van der Waals surface area contributed by atoms with Gasteiger partial charge in [-0.1, -0.05) is 41.0 Å². The Morgan fingerprint density at radius 3 is 1.84 bits per heavy atom. The molecule has 0 aromatic carbocycles. The van der Waals surface area contributed by atoms with Crippen molar-refractivity contribution in [3.8, 4) is 0 Å². The molecule has 0 saturated carbocycles. The second-order valence-electron chi connectivity index (χ2n) is 7.03. The fraction of sp³-hybridized carbons (Fsp3) is 0.833. The number of unbranched alkanes of at least 4 members (excludes halogenated alkanes) is 1. The second-order valence-corrected chi connectivity index (χ2v) is 7.03. The molecule has 0 aromatic rings. The first kappa shape index (κ1) is 23.4. The van der Waals surface area contributed by atoms with E-state index in [9.17, 15) is 19.5 Å². The van der Waals surface area contributed by atoms with Crippen molar-refractivity contribution in [2.24, 2.45) is 11.8 Å². The Hall–Kier alpha value is -1.63. The maximum Gasteiger partial charge on any atom is 0.339 e. The van der Waals surface area contributed by atoms with E-state index < -0.39 is 36.4 Å². The lowest BCUT2D eigenvalue weighted by molar-refractivity contribution is -0.178. The van der Waals surface area contributed by atoms with Gasteiger partial charge >= 0.3 is 17.9 Å². The summed E-state index contributed by atoms with van der Waals surface area (Å²) in [5.41, 5.74) is -2.29. The van der Waals surface area contributed by atoms with Gasteiger partial charge in [0.2, 0.25) is 0 Å². The summed E-state index contributed by atoms with van der Waals surface area (Å²) < 4.78 is 15.0. The zero-order chi connectivity index (χ0) is 19.5. The lowest BCUT2D eigenvalue weighted by atomic mass is 9.95. The Labute approximate surface area is 150 Å². The topological polar surface area (TPSA) is 99.1 Å². The molecule has 0 saturated heterocycles. The standard InChI is InChI=1S/C18H32O7/c1-6-7-8-23-15(19)9-18(22,17(21)25-12-14(4)5)10-16(20)24-11-13(2)3/h13-14,22H,6-12H2,1-5H3. The van der Waals surface area contributed by atoms with Crippen molar-refractivity contribution >= 4 is 17.9 Å². The van der Waals surface area contributed by atoms with Gasteiger partial charge in [0.1, 0.15) is 0 Å². The summed E-state index contributed by atoms with van der Waals surface area (Å²) in [7, 11) is 0. The minimum atomic E-state index is -2.29. The molecule has 0 radical (unpaired) electrons. The van der Waals surface area contributed by atoms with Gasteiger partial charge in [-0.3, -0.25) is 9.59 Å². The smallest absolute Gasteiger partial charge is 0.339 e. The highest BCUT2D eigenvalue weighted by Crippen LogP contribution is 2.20. The molecule has 7 nitrogen and oxygen atoms in total. The molecule has 0 heterocycles. The highest BCUT2D eigenvalue weighted by Gasteiger charge is 2.43. The maximum atomic E-state index is 12.2. The monoisotopic (exact) mass is 360 g/mol. The van der Waals surface area contributed by atoms with Crippen LogP contribution >= 0.6 is 0 Å². The molecule has 0 aliphatic rings. The largest absolute Gasteiger partial charge is 0.466 e. The summed E-state index contributed by atoms with van der Waals surface area (Å²) in [5.74, 6) is -2.37. The fourth-order valence-electron chi connectivity index (χ4n) is 1.75. The zero-order valence-corrected chi connectivity index (χ0v) is 16.0. The van der Waals surface area contributed by atoms with Gasteiger partial charge in [0.15, 0.2) is 5.60 Å². The van der Waals surface area contributed by atoms with E-state index in [0.717, 1.165) is 6.42 Å². The number of ether oxygens (including phenoxy) is 3. The van der Waals surface area contributed by atoms with Crippen LogP contribution in [0.2, 0.25) is 0 Å². The number of aliphatic hydroxyl groups is 1. The molecule has 7 heteroatoms. The van der Waals surface area contributed by atoms with E-state index in [1.54, 1.807) is 0 Å². The predicted molar refractivity (Wildman–Crippen MR) is 91.6 cm³/mol. The van der Waals surface area contributed by atoms with Gasteiger partial charge in [-0.15, -0.1) is 0 Å². The molecule has 1 N–H and O–H groups in total. The molecule has 0 aliphatic carbocycles. The van der Waals surface area contributed by atoms with Gasteiger partial charge < -0.3 is 19.3 Å². The van der Waals surface area contributed by atoms with E-state index in [0.29, 0.717) is 6.42 Å². The first-order chi connectivity index (χ1) is 11.6. The van der Waals surface area contributed by atoms with E-state index in [4.69, 9.17) is 14.2 Å². The van der Waals surface area contributed by atoms with Gasteiger partial charge in [-0.05, 0) is 18.3 Å². The third kappa shape index (κ3) is 10.8. The SMILES string of the molecule is CCCCOC(=O)CC(O)(CC(=O)OCC(C)C)C(=O)OCC(C)C. The van der Waals surface area contributed by atoms with Gasteiger partial charge in [0, 0.05) is 0 Å². The third-order valence-electron chi connectivity index (χ3n) is 3.14. The van der Waals surface area contributed by atoms with Crippen molar-refractivity contribution in [1.82, 2.24) is 0 Å². The Kier molecular flexibility index (Phi) is 11.1. The highest BCUT2D eigenvalue weighted by molar-refractivity contribution is 5.90. The molecule has 0 aliphatic heterocycles. The van der Waals surface area contributed by atoms with Gasteiger partial charge in [0.25, 0.3) is 0 Å². The van der Waals surface area contributed by atoms with E-state index in [2.05, 4.69) is 0 Å². The van der Waals surface area contributed by atoms with E-state index >= 15 is 0 Å². The molecular weight excluding hydrogens is 328 g/mol. The van der Waals surface area contributed by atoms with Crippen LogP contribution in [0.5, 0.6) is 0 Å². The summed E-state index contributed by atoms with van der Waals surface area (Å²) in [5, 5.41) is 10.6. The molecule has 146 valence electrons. The predicted octanol–water partition coefficient (Wildman–Crippen LogP) is 2.24. The Bertz CT molecular complexity index is 431. The van der Waals surface area contributed by atoms with Crippen LogP contribution in [-0.4, -0.2) is 48.4 Å². The zero-order valence-electron chi connectivity index (χ0n) is 16.0. The van der Waals surface area contributed by atoms with Crippen LogP contribution in [0.3, 0.4) is 0 Å². The molecule has 1 unspecified atom stereocenters. The molecule has 0 bridgehead atoms. The summed E-state index contributed by atoms with van der Waals surface area (Å²) >= 11 is 0. The van der Waals surface area contributed by atoms with Gasteiger partial charge in [0.05, 0.1) is 32.7 Å². The maximum absolute atomic E-state index is 12.2. The summed E-state index contributed by atoms with van der Waals surface area (Å²) in [6.45, 7) is 9.78. The van der Waals surface area contributed by atoms with E-state index in [1.165, 1.54) is 0 Å². The summed E-state index contributed by atoms with van der Waals surface area (Å²) in [6, 6.07) is 0. The van der Waals surface area contributed by atoms with Gasteiger partial charge in [-0.25, -0.2) is 4.79 Å². The van der Waals surface area contributed by atoms with Crippen molar-refractivity contribution in [2.45, 2.75) is 65.9 Å². The third-order valence-corrected chi connectivity index (χ3v) is 3.14. The average molecular weight is 360 g/mol. The van der Waals surface area contributed by atoms with Crippen LogP contribution in [0.1, 0.15) is 60.3 Å². The van der Waals surface area contributed by atoms with Crippen LogP contribution in [-0.2, 0) is 28.6 Å². The Morgan fingerprint density at radius 2 is 1.36 bits per heavy atom. The van der Waals surface area contributed by atoms with Crippen LogP contribution in [0.15, 0.2) is 0 Å². The molecule has 0 fully saturated rings. The molecule has 1 atom stereocenters. The number of rotatable bonds is 12. The molecule has 0 amide bonds. The number of carbonyl (C=O) groups excluding carboxylic acids is 3. The van der Waals surface area contributed by atoms with Crippen molar-refractivity contribution in [3.05, 3.63) is 0 Å². The van der Waals surface area contributed by atoms with E-state index in [-0.39, 0.29) is 31.7 Å². The Morgan fingerprint density at radius 1 is 0.880 bits per heavy atom. The van der Waals surface area contributed by atoms with Crippen LogP contribution in [0.4, 0.5) is 0 Å². The highest BCUT2D eigenvalue weighted by atomic mass is 16.6. The molecule has 0 aromatic heterocycles. The van der Waals surface area contributed by atoms with Crippen LogP contribution < -0.4 is 0 Å². The fourth-order valence-corrected chi connectivity index (χ4v) is 1.75. The lowest BCUT2D eigenvalue weighted by Gasteiger charge is -2.25. The molecule has 0 spiro atoms. The minimum absolute atomic E-state index is 0.0533. The number of esters is 3. The summed E-state index contributed by atoms with van der Waals surface area (Å²) in [4.78, 5) is 36.0. The van der Waals surface area contributed by atoms with Crippen molar-refractivity contribution in [3.63, 3.8) is 0 Å². The number of hydrogen-bond acceptors (Lipinski definition) is 7. The molecular formula is C18H32O7. The van der Waals surface area contributed by atoms with Crippen molar-refractivity contribution in [1.29, 1.82) is 0 Å². The minimum Gasteiger partial charge on any atom is -0.466 e. The van der Waals surface area contributed by atoms with Crippen molar-refractivity contribution < 1.29 is 33.7 Å². The van der Waals surface area contributed by atoms with Gasteiger partial charge in [-0.2, -0.15) is 0 Å². The quantitative estimate of drug-likeness (QED) is 0.324. The number of carbonyl (C=O) groups is 3. The first-order valence-corrected chi connectivity index (χ1v) is 8.81. The molecule has 25 heavy (non-hydrogen) atoms. The van der Waals surface area contributed by atoms with Crippen LogP contribution in [0, 0.1) is 11.8 Å². The van der Waals surface area contributed by atoms with E-state index in [1.807, 2.05) is 34.6 Å². The normalized spacial score (nSPS) is 13.4. The lowest BCUT2D eigenvalue weighted by Crippen LogP contribution is -2.45. The second kappa shape index (κ2) is 11.8. The van der Waals surface area contributed by atoms with Crippen molar-refractivity contribution in [2.75, 3.05) is 19.8 Å². The average Bonchev–Trinajstić information content (AvgIpc) is 2.50. The number of hydrogen-bond donors (Lipinski definition) is 1. The first-order valence-electron chi connectivity index (χ1n) is 8.81.